The van der Waals surface area contributed by atoms with Gasteiger partial charge in [-0.1, -0.05) is 69.2 Å². The van der Waals surface area contributed by atoms with Crippen LogP contribution in [0.3, 0.4) is 0 Å². The van der Waals surface area contributed by atoms with Crippen molar-refractivity contribution < 1.29 is 14.2 Å². The van der Waals surface area contributed by atoms with Crippen LogP contribution in [0.1, 0.15) is 150 Å². The van der Waals surface area contributed by atoms with Crippen LogP contribution in [-0.2, 0) is 14.2 Å². The quantitative estimate of drug-likeness (QED) is 0.245. The fourth-order valence-electron chi connectivity index (χ4n) is 4.84. The van der Waals surface area contributed by atoms with Crippen LogP contribution in [0.2, 0.25) is 0 Å². The van der Waals surface area contributed by atoms with E-state index < -0.39 is 0 Å². The van der Waals surface area contributed by atoms with Gasteiger partial charge in [0, 0.05) is 32.8 Å². The van der Waals surface area contributed by atoms with Crippen LogP contribution in [0.4, 0.5) is 0 Å². The number of likely N-dealkylation sites (tertiary alicyclic amines) is 1. The third-order valence-corrected chi connectivity index (χ3v) is 7.60. The predicted octanol–water partition coefficient (Wildman–Crippen LogP) is 11.3. The number of ether oxygens (including phenoxy) is 3. The van der Waals surface area contributed by atoms with Gasteiger partial charge in [-0.15, -0.1) is 0 Å². The molecule has 1 aliphatic heterocycles. The van der Waals surface area contributed by atoms with Crippen molar-refractivity contribution in [3.8, 4) is 0 Å². The molecule has 0 N–H and O–H groups in total. The third-order valence-electron chi connectivity index (χ3n) is 7.60. The van der Waals surface area contributed by atoms with E-state index in [4.69, 9.17) is 14.2 Å². The average molecular weight is 616 g/mol. The molecule has 1 saturated carbocycles. The highest BCUT2D eigenvalue weighted by Gasteiger charge is 2.30. The van der Waals surface area contributed by atoms with Crippen molar-refractivity contribution in [2.45, 2.75) is 175 Å². The summed E-state index contributed by atoms with van der Waals surface area (Å²) in [5.41, 5.74) is 0. The molecule has 0 aromatic rings. The van der Waals surface area contributed by atoms with E-state index in [1.807, 2.05) is 13.8 Å². The Hall–Kier alpha value is -0.160. The second kappa shape index (κ2) is 28.1. The first-order valence-corrected chi connectivity index (χ1v) is 18.2. The normalized spacial score (nSPS) is 22.4. The number of piperidine rings is 1. The molecule has 0 spiro atoms. The Labute approximate surface area is 274 Å². The minimum Gasteiger partial charge on any atom is -0.382 e. The molecule has 0 bridgehead atoms. The van der Waals surface area contributed by atoms with E-state index in [-0.39, 0.29) is 0 Å². The van der Waals surface area contributed by atoms with Gasteiger partial charge >= 0.3 is 0 Å². The summed E-state index contributed by atoms with van der Waals surface area (Å²) < 4.78 is 16.2. The van der Waals surface area contributed by atoms with E-state index in [1.165, 1.54) is 38.8 Å². The molecule has 2 fully saturated rings. The van der Waals surface area contributed by atoms with Crippen molar-refractivity contribution in [1.29, 1.82) is 0 Å². The smallest absolute Gasteiger partial charge is 0.0519 e. The van der Waals surface area contributed by atoms with Gasteiger partial charge in [-0.3, -0.25) is 0 Å². The van der Waals surface area contributed by atoms with Gasteiger partial charge in [0.25, 0.3) is 0 Å². The third kappa shape index (κ3) is 33.0. The summed E-state index contributed by atoms with van der Waals surface area (Å²) in [6.07, 6.45) is 6.69. The molecule has 1 saturated heterocycles. The Bertz CT molecular complexity index is 543. The maximum Gasteiger partial charge on any atom is 0.0519 e. The zero-order chi connectivity index (χ0) is 34.3. The van der Waals surface area contributed by atoms with E-state index >= 15 is 0 Å². The van der Waals surface area contributed by atoms with Gasteiger partial charge in [0.1, 0.15) is 0 Å². The van der Waals surface area contributed by atoms with Crippen LogP contribution in [0.5, 0.6) is 0 Å². The molecule has 4 nitrogen and oxygen atoms in total. The fraction of sp³-hybridized carbons (Fsp3) is 1.00. The Kier molecular flexibility index (Phi) is 30.9. The van der Waals surface area contributed by atoms with Crippen LogP contribution >= 0.6 is 0 Å². The molecular formula is C39H85NO3. The van der Waals surface area contributed by atoms with Crippen molar-refractivity contribution in [1.82, 2.24) is 4.90 Å². The molecule has 4 heteroatoms. The molecule has 264 valence electrons. The first kappa shape index (κ1) is 47.2. The second-order valence-corrected chi connectivity index (χ2v) is 16.3. The Morgan fingerprint density at radius 2 is 0.884 bits per heavy atom. The number of hydrogen-bond donors (Lipinski definition) is 0. The molecule has 0 aromatic carbocycles. The zero-order valence-corrected chi connectivity index (χ0v) is 33.3. The van der Waals surface area contributed by atoms with Crippen LogP contribution in [0, 0.1) is 47.3 Å². The Morgan fingerprint density at radius 1 is 0.512 bits per heavy atom. The highest BCUT2D eigenvalue weighted by molar-refractivity contribution is 4.82. The summed E-state index contributed by atoms with van der Waals surface area (Å²) in [6.45, 7) is 43.9. The van der Waals surface area contributed by atoms with Crippen molar-refractivity contribution in [3.63, 3.8) is 0 Å². The van der Waals surface area contributed by atoms with E-state index in [0.29, 0.717) is 24.4 Å². The van der Waals surface area contributed by atoms with Crippen molar-refractivity contribution in [2.75, 3.05) is 33.4 Å². The van der Waals surface area contributed by atoms with Gasteiger partial charge in [-0.2, -0.15) is 0 Å². The van der Waals surface area contributed by atoms with E-state index in [1.54, 1.807) is 7.11 Å². The summed E-state index contributed by atoms with van der Waals surface area (Å²) in [4.78, 5) is 2.63. The molecule has 43 heavy (non-hydrogen) atoms. The van der Waals surface area contributed by atoms with E-state index in [2.05, 4.69) is 116 Å². The van der Waals surface area contributed by atoms with Gasteiger partial charge in [0.05, 0.1) is 24.9 Å². The van der Waals surface area contributed by atoms with Gasteiger partial charge < -0.3 is 19.1 Å². The fourth-order valence-corrected chi connectivity index (χ4v) is 4.84. The molecule has 0 aromatic heterocycles. The molecule has 1 aliphatic carbocycles. The first-order chi connectivity index (χ1) is 19.7. The summed E-state index contributed by atoms with van der Waals surface area (Å²) in [6, 6.07) is 0.665. The second-order valence-electron chi connectivity index (χ2n) is 16.3. The zero-order valence-electron chi connectivity index (χ0n) is 33.3. The number of methoxy groups -OCH3 is 1. The van der Waals surface area contributed by atoms with Crippen LogP contribution in [0.25, 0.3) is 0 Å². The minimum absolute atomic E-state index is 0.363. The monoisotopic (exact) mass is 616 g/mol. The summed E-state index contributed by atoms with van der Waals surface area (Å²) in [5, 5.41) is 0. The number of rotatable bonds is 10. The Balaban J connectivity index is -0.000000539. The molecule has 2 aliphatic rings. The lowest BCUT2D eigenvalue weighted by atomic mass is 9.82. The maximum atomic E-state index is 5.81. The summed E-state index contributed by atoms with van der Waals surface area (Å²) in [5.74, 6) is 6.69. The first-order valence-electron chi connectivity index (χ1n) is 18.2. The number of nitrogens with zero attached hydrogens (tertiary/aromatic N) is 1. The SMILES string of the molecule is CC(C)C.CC(C)C.CC(C)OCC1CC(C(C)C)CN(C(C)C)C1.CC(C)OCC1CCC(C(C)C)C1.COC(C)C. The molecule has 2 rings (SSSR count). The standard InChI is InChI=1S/C15H31NO.C12H24O.C4H10O.2C4H10/c1-11(2)15-7-14(10-17-13(5)6)8-16(9-15)12(3)4;1-9(2)12-6-5-11(7-12)8-13-10(3)4;1-4(2)5-3;2*1-4(2)3/h11-15H,7-10H2,1-6H3;9-12H,5-8H2,1-4H3;4H,1-3H3;2*4H,1-3H3. The van der Waals surface area contributed by atoms with Crippen molar-refractivity contribution >= 4 is 0 Å². The lowest BCUT2D eigenvalue weighted by Gasteiger charge is -2.41. The lowest BCUT2D eigenvalue weighted by molar-refractivity contribution is -0.00109. The largest absolute Gasteiger partial charge is 0.382 e. The molecule has 0 amide bonds. The maximum absolute atomic E-state index is 5.81. The molecule has 4 atom stereocenters. The molecule has 0 radical (unpaired) electrons. The average Bonchev–Trinajstić information content (AvgIpc) is 3.36. The van der Waals surface area contributed by atoms with Gasteiger partial charge in [-0.05, 0) is 128 Å². The van der Waals surface area contributed by atoms with Crippen LogP contribution in [0.15, 0.2) is 0 Å². The summed E-state index contributed by atoms with van der Waals surface area (Å²) in [7, 11) is 1.70. The van der Waals surface area contributed by atoms with Crippen LogP contribution in [-0.4, -0.2) is 62.7 Å². The Morgan fingerprint density at radius 3 is 1.19 bits per heavy atom. The van der Waals surface area contributed by atoms with E-state index in [0.717, 1.165) is 60.6 Å². The predicted molar refractivity (Wildman–Crippen MR) is 194 cm³/mol. The van der Waals surface area contributed by atoms with Gasteiger partial charge in [-0.25, -0.2) is 0 Å². The lowest BCUT2D eigenvalue weighted by Crippen LogP contribution is -2.46. The van der Waals surface area contributed by atoms with Gasteiger partial charge in [0.2, 0.25) is 0 Å². The highest BCUT2D eigenvalue weighted by atomic mass is 16.5. The highest BCUT2D eigenvalue weighted by Crippen LogP contribution is 2.35. The van der Waals surface area contributed by atoms with Gasteiger partial charge in [0.15, 0.2) is 0 Å². The molecule has 4 unspecified atom stereocenters. The van der Waals surface area contributed by atoms with E-state index in [9.17, 15) is 0 Å². The molecule has 1 heterocycles. The molecular weight excluding hydrogens is 530 g/mol. The number of hydrogen-bond acceptors (Lipinski definition) is 4. The summed E-state index contributed by atoms with van der Waals surface area (Å²) >= 11 is 0. The minimum atomic E-state index is 0.363. The van der Waals surface area contributed by atoms with Crippen LogP contribution < -0.4 is 0 Å². The van der Waals surface area contributed by atoms with Crippen molar-refractivity contribution in [3.05, 3.63) is 0 Å². The van der Waals surface area contributed by atoms with Crippen molar-refractivity contribution in [2.24, 2.45) is 47.3 Å². The topological polar surface area (TPSA) is 30.9 Å².